The number of hydrogen-bond acceptors (Lipinski definition) is 4. The highest BCUT2D eigenvalue weighted by Gasteiger charge is 2.42. The normalized spacial score (nSPS) is 18.8. The van der Waals surface area contributed by atoms with Gasteiger partial charge in [0.25, 0.3) is 0 Å². The molecule has 0 aromatic heterocycles. The standard InChI is InChI=1S/C26H30N2O5/c1-3-26(2,24(31)28-14-8-13-22(28)23(29)30)16-27-25(32)33-15-21-19-11-6-4-9-17(19)18-10-5-7-12-20(18)21/h4-7,9-12,21-22H,3,8,13-16H2,1-2H3,(H,27,32)(H,29,30). The minimum atomic E-state index is -0.983. The molecule has 1 saturated heterocycles. The zero-order valence-corrected chi connectivity index (χ0v) is 19.0. The second kappa shape index (κ2) is 9.25. The third kappa shape index (κ3) is 4.32. The Morgan fingerprint density at radius 2 is 1.70 bits per heavy atom. The molecule has 2 aromatic rings. The van der Waals surface area contributed by atoms with Crippen molar-refractivity contribution in [3.63, 3.8) is 0 Å². The van der Waals surface area contributed by atoms with E-state index in [9.17, 15) is 19.5 Å². The van der Waals surface area contributed by atoms with Gasteiger partial charge in [0.2, 0.25) is 5.91 Å². The zero-order chi connectivity index (χ0) is 23.6. The van der Waals surface area contributed by atoms with Gasteiger partial charge in [0.15, 0.2) is 0 Å². The number of carboxylic acid groups (broad SMARTS) is 1. The quantitative estimate of drug-likeness (QED) is 0.664. The summed E-state index contributed by atoms with van der Waals surface area (Å²) in [6.45, 7) is 4.33. The van der Waals surface area contributed by atoms with Gasteiger partial charge in [-0.2, -0.15) is 0 Å². The predicted octanol–water partition coefficient (Wildman–Crippen LogP) is 4.02. The van der Waals surface area contributed by atoms with Gasteiger partial charge in [-0.1, -0.05) is 55.5 Å². The number of nitrogens with one attached hydrogen (secondary N) is 1. The van der Waals surface area contributed by atoms with Gasteiger partial charge in [0.05, 0.1) is 5.41 Å². The lowest BCUT2D eigenvalue weighted by Crippen LogP contribution is -2.51. The molecule has 2 unspecified atom stereocenters. The Kier molecular flexibility index (Phi) is 6.40. The first-order valence-electron chi connectivity index (χ1n) is 11.5. The third-order valence-corrected chi connectivity index (χ3v) is 7.06. The molecule has 1 aliphatic carbocycles. The van der Waals surface area contributed by atoms with Crippen LogP contribution in [0, 0.1) is 5.41 Å². The largest absolute Gasteiger partial charge is 0.480 e. The van der Waals surface area contributed by atoms with Crippen LogP contribution in [0.1, 0.15) is 50.2 Å². The van der Waals surface area contributed by atoms with Crippen molar-refractivity contribution in [3.05, 3.63) is 59.7 Å². The molecule has 1 fully saturated rings. The van der Waals surface area contributed by atoms with E-state index in [2.05, 4.69) is 29.6 Å². The van der Waals surface area contributed by atoms with Crippen LogP contribution in [-0.2, 0) is 14.3 Å². The first-order chi connectivity index (χ1) is 15.9. The Hall–Kier alpha value is -3.35. The van der Waals surface area contributed by atoms with Crippen LogP contribution in [0.25, 0.3) is 11.1 Å². The summed E-state index contributed by atoms with van der Waals surface area (Å²) in [6.07, 6.45) is 1.02. The van der Waals surface area contributed by atoms with Gasteiger partial charge in [0, 0.05) is 19.0 Å². The number of carbonyl (C=O) groups excluding carboxylic acids is 2. The number of aliphatic carboxylic acids is 1. The number of rotatable bonds is 7. The maximum atomic E-state index is 13.1. The van der Waals surface area contributed by atoms with E-state index in [0.717, 1.165) is 22.3 Å². The number of hydrogen-bond donors (Lipinski definition) is 2. The van der Waals surface area contributed by atoms with Gasteiger partial charge in [-0.15, -0.1) is 0 Å². The molecule has 2 atom stereocenters. The van der Waals surface area contributed by atoms with E-state index in [1.54, 1.807) is 6.92 Å². The number of carbonyl (C=O) groups is 3. The molecule has 2 amide bonds. The van der Waals surface area contributed by atoms with Crippen LogP contribution < -0.4 is 5.32 Å². The molecule has 0 saturated carbocycles. The number of fused-ring (bicyclic) bond motifs is 3. The summed E-state index contributed by atoms with van der Waals surface area (Å²) in [4.78, 5) is 38.6. The van der Waals surface area contributed by atoms with Crippen molar-refractivity contribution in [1.82, 2.24) is 10.2 Å². The van der Waals surface area contributed by atoms with E-state index < -0.39 is 23.5 Å². The lowest BCUT2D eigenvalue weighted by atomic mass is 9.85. The summed E-state index contributed by atoms with van der Waals surface area (Å²) in [6, 6.07) is 15.5. The van der Waals surface area contributed by atoms with Crippen molar-refractivity contribution in [3.8, 4) is 11.1 Å². The number of alkyl carbamates (subject to hydrolysis) is 1. The molecule has 2 aromatic carbocycles. The number of ether oxygens (including phenoxy) is 1. The van der Waals surface area contributed by atoms with E-state index in [1.807, 2.05) is 31.2 Å². The molecule has 0 radical (unpaired) electrons. The van der Waals surface area contributed by atoms with Crippen LogP contribution in [0.2, 0.25) is 0 Å². The fourth-order valence-corrected chi connectivity index (χ4v) is 4.88. The summed E-state index contributed by atoms with van der Waals surface area (Å²) in [5, 5.41) is 12.2. The number of likely N-dealkylation sites (tertiary alicyclic amines) is 1. The van der Waals surface area contributed by atoms with Crippen molar-refractivity contribution >= 4 is 18.0 Å². The summed E-state index contributed by atoms with van der Waals surface area (Å²) in [7, 11) is 0. The van der Waals surface area contributed by atoms with Crippen LogP contribution in [0.3, 0.4) is 0 Å². The van der Waals surface area contributed by atoms with Gasteiger partial charge in [-0.3, -0.25) is 4.79 Å². The highest BCUT2D eigenvalue weighted by molar-refractivity contribution is 5.88. The van der Waals surface area contributed by atoms with Crippen LogP contribution >= 0.6 is 0 Å². The smallest absolute Gasteiger partial charge is 0.407 e. The molecule has 7 heteroatoms. The molecule has 2 N–H and O–H groups in total. The SMILES string of the molecule is CCC(C)(CNC(=O)OCC1c2ccccc2-c2ccccc21)C(=O)N1CCCC1C(=O)O. The van der Waals surface area contributed by atoms with Gasteiger partial charge in [0.1, 0.15) is 12.6 Å². The maximum absolute atomic E-state index is 13.1. The lowest BCUT2D eigenvalue weighted by molar-refractivity contribution is -0.152. The second-order valence-electron chi connectivity index (χ2n) is 9.09. The first kappa shape index (κ1) is 22.8. The molecule has 7 nitrogen and oxygen atoms in total. The van der Waals surface area contributed by atoms with E-state index in [0.29, 0.717) is 25.8 Å². The first-order valence-corrected chi connectivity index (χ1v) is 11.5. The number of amides is 2. The van der Waals surface area contributed by atoms with Gasteiger partial charge < -0.3 is 20.1 Å². The van der Waals surface area contributed by atoms with Crippen molar-refractivity contribution < 1.29 is 24.2 Å². The van der Waals surface area contributed by atoms with E-state index >= 15 is 0 Å². The van der Waals surface area contributed by atoms with E-state index in [-0.39, 0.29) is 25.0 Å². The fourth-order valence-electron chi connectivity index (χ4n) is 4.88. The third-order valence-electron chi connectivity index (χ3n) is 7.06. The fraction of sp³-hybridized carbons (Fsp3) is 0.423. The average molecular weight is 451 g/mol. The van der Waals surface area contributed by atoms with Crippen LogP contribution in [0.4, 0.5) is 4.79 Å². The average Bonchev–Trinajstić information content (AvgIpc) is 3.44. The molecule has 174 valence electrons. The molecule has 33 heavy (non-hydrogen) atoms. The van der Waals surface area contributed by atoms with Gasteiger partial charge >= 0.3 is 12.1 Å². The molecule has 0 spiro atoms. The Labute approximate surface area is 193 Å². The number of nitrogens with zero attached hydrogens (tertiary/aromatic N) is 1. The van der Waals surface area contributed by atoms with E-state index in [1.165, 1.54) is 4.90 Å². The predicted molar refractivity (Wildman–Crippen MR) is 124 cm³/mol. The van der Waals surface area contributed by atoms with Crippen molar-refractivity contribution in [1.29, 1.82) is 0 Å². The summed E-state index contributed by atoms with van der Waals surface area (Å²) in [5.74, 6) is -1.26. The number of carboxylic acids is 1. The molecule has 1 heterocycles. The Balaban J connectivity index is 1.38. The summed E-state index contributed by atoms with van der Waals surface area (Å²) >= 11 is 0. The summed E-state index contributed by atoms with van der Waals surface area (Å²) in [5.41, 5.74) is 3.68. The van der Waals surface area contributed by atoms with Crippen molar-refractivity contribution in [2.24, 2.45) is 5.41 Å². The topological polar surface area (TPSA) is 95.9 Å². The molecule has 4 rings (SSSR count). The van der Waals surface area contributed by atoms with Crippen molar-refractivity contribution in [2.75, 3.05) is 19.7 Å². The number of benzene rings is 2. The maximum Gasteiger partial charge on any atom is 0.407 e. The highest BCUT2D eigenvalue weighted by atomic mass is 16.5. The highest BCUT2D eigenvalue weighted by Crippen LogP contribution is 2.44. The van der Waals surface area contributed by atoms with Crippen molar-refractivity contribution in [2.45, 2.75) is 45.1 Å². The van der Waals surface area contributed by atoms with Crippen LogP contribution in [-0.4, -0.2) is 53.7 Å². The lowest BCUT2D eigenvalue weighted by Gasteiger charge is -2.33. The Morgan fingerprint density at radius 3 is 2.27 bits per heavy atom. The zero-order valence-electron chi connectivity index (χ0n) is 19.0. The van der Waals surface area contributed by atoms with Gasteiger partial charge in [-0.05, 0) is 48.4 Å². The van der Waals surface area contributed by atoms with Gasteiger partial charge in [-0.25, -0.2) is 9.59 Å². The monoisotopic (exact) mass is 450 g/mol. The Morgan fingerprint density at radius 1 is 1.09 bits per heavy atom. The molecule has 0 bridgehead atoms. The van der Waals surface area contributed by atoms with Crippen LogP contribution in [0.15, 0.2) is 48.5 Å². The van der Waals surface area contributed by atoms with E-state index in [4.69, 9.17) is 4.74 Å². The summed E-state index contributed by atoms with van der Waals surface area (Å²) < 4.78 is 5.58. The minimum absolute atomic E-state index is 0.0386. The second-order valence-corrected chi connectivity index (χ2v) is 9.09. The molecular weight excluding hydrogens is 420 g/mol. The molecule has 2 aliphatic rings. The molecule has 1 aliphatic heterocycles. The van der Waals surface area contributed by atoms with Crippen LogP contribution in [0.5, 0.6) is 0 Å². The molecular formula is C26H30N2O5. The minimum Gasteiger partial charge on any atom is -0.480 e. The Bertz CT molecular complexity index is 1020.